The first-order chi connectivity index (χ1) is 6.45. The molecule has 14 heavy (non-hydrogen) atoms. The fraction of sp³-hybridized carbons (Fsp3) is 0.667. The Bertz CT molecular complexity index is 235. The van der Waals surface area contributed by atoms with Gasteiger partial charge in [-0.2, -0.15) is 13.2 Å². The van der Waals surface area contributed by atoms with E-state index < -0.39 is 24.0 Å². The van der Waals surface area contributed by atoms with Gasteiger partial charge in [0.05, 0.1) is 12.5 Å². The number of ether oxygens (including phenoxy) is 1. The first-order valence-corrected chi connectivity index (χ1v) is 4.31. The van der Waals surface area contributed by atoms with E-state index >= 15 is 0 Å². The first kappa shape index (κ1) is 11.1. The largest absolute Gasteiger partial charge is 0.462 e. The van der Waals surface area contributed by atoms with Gasteiger partial charge in [-0.15, -0.1) is 0 Å². The molecule has 1 rings (SSSR count). The van der Waals surface area contributed by atoms with Crippen LogP contribution in [-0.2, 0) is 9.53 Å². The molecule has 0 aromatic carbocycles. The van der Waals surface area contributed by atoms with Gasteiger partial charge in [-0.25, -0.2) is 4.79 Å². The molecule has 0 amide bonds. The Kier molecular flexibility index (Phi) is 3.18. The van der Waals surface area contributed by atoms with Crippen molar-refractivity contribution in [3.63, 3.8) is 0 Å². The second kappa shape index (κ2) is 4.02. The topological polar surface area (TPSA) is 26.3 Å². The Hall–Kier alpha value is -1.00. The maximum atomic E-state index is 12.2. The quantitative estimate of drug-likeness (QED) is 0.525. The summed E-state index contributed by atoms with van der Waals surface area (Å²) in [6, 6.07) is 0. The Balaban J connectivity index is 2.33. The number of halogens is 3. The lowest BCUT2D eigenvalue weighted by Crippen LogP contribution is -2.40. The van der Waals surface area contributed by atoms with Crippen LogP contribution in [0, 0.1) is 11.8 Å². The molecule has 1 saturated carbocycles. The molecule has 1 aliphatic carbocycles. The molecule has 0 spiro atoms. The van der Waals surface area contributed by atoms with Crippen molar-refractivity contribution in [1.29, 1.82) is 0 Å². The number of carbonyl (C=O) groups excluding carboxylic acids is 1. The number of hydrogen-bond donors (Lipinski definition) is 0. The average Bonchev–Trinajstić information content (AvgIpc) is 1.99. The number of esters is 1. The van der Waals surface area contributed by atoms with Crippen molar-refractivity contribution in [3.8, 4) is 0 Å². The Labute approximate surface area is 79.7 Å². The van der Waals surface area contributed by atoms with Crippen LogP contribution in [0.25, 0.3) is 0 Å². The fourth-order valence-electron chi connectivity index (χ4n) is 1.45. The third kappa shape index (κ3) is 2.49. The summed E-state index contributed by atoms with van der Waals surface area (Å²) in [5.41, 5.74) is 0. The van der Waals surface area contributed by atoms with Gasteiger partial charge in [-0.05, 0) is 12.8 Å². The van der Waals surface area contributed by atoms with Crippen LogP contribution >= 0.6 is 0 Å². The molecule has 5 heteroatoms. The van der Waals surface area contributed by atoms with Gasteiger partial charge in [0.25, 0.3) is 0 Å². The highest BCUT2D eigenvalue weighted by molar-refractivity contribution is 5.81. The third-order valence-electron chi connectivity index (χ3n) is 2.44. The van der Waals surface area contributed by atoms with E-state index in [9.17, 15) is 18.0 Å². The van der Waals surface area contributed by atoms with Crippen molar-refractivity contribution in [1.82, 2.24) is 0 Å². The molecule has 0 aromatic rings. The normalized spacial score (nSPS) is 26.5. The van der Waals surface area contributed by atoms with Crippen molar-refractivity contribution in [2.45, 2.75) is 19.0 Å². The molecule has 1 fully saturated rings. The summed E-state index contributed by atoms with van der Waals surface area (Å²) in [7, 11) is 0. The molecule has 80 valence electrons. The molecule has 2 unspecified atom stereocenters. The summed E-state index contributed by atoms with van der Waals surface area (Å²) in [6.45, 7) is 3.00. The van der Waals surface area contributed by atoms with Crippen LogP contribution < -0.4 is 0 Å². The molecule has 2 nitrogen and oxygen atoms in total. The van der Waals surface area contributed by atoms with Crippen LogP contribution in [-0.4, -0.2) is 18.8 Å². The molecule has 0 aromatic heterocycles. The summed E-state index contributed by atoms with van der Waals surface area (Å²) in [6.07, 6.45) is -2.61. The van der Waals surface area contributed by atoms with Gasteiger partial charge in [-0.1, -0.05) is 6.58 Å². The lowest BCUT2D eigenvalue weighted by atomic mass is 9.74. The average molecular weight is 208 g/mol. The van der Waals surface area contributed by atoms with Gasteiger partial charge in [0.2, 0.25) is 0 Å². The van der Waals surface area contributed by atoms with Crippen molar-refractivity contribution in [2.24, 2.45) is 11.8 Å². The van der Waals surface area contributed by atoms with Crippen LogP contribution in [0.4, 0.5) is 13.2 Å². The second-order valence-electron chi connectivity index (χ2n) is 3.32. The lowest BCUT2D eigenvalue weighted by molar-refractivity contribution is -0.219. The van der Waals surface area contributed by atoms with Crippen LogP contribution in [0.5, 0.6) is 0 Å². The van der Waals surface area contributed by atoms with Crippen molar-refractivity contribution < 1.29 is 22.7 Å². The highest BCUT2D eigenvalue weighted by Gasteiger charge is 2.50. The van der Waals surface area contributed by atoms with E-state index in [0.717, 1.165) is 6.08 Å². The van der Waals surface area contributed by atoms with E-state index in [1.54, 1.807) is 0 Å². The third-order valence-corrected chi connectivity index (χ3v) is 2.44. The maximum Gasteiger partial charge on any atom is 0.392 e. The zero-order valence-corrected chi connectivity index (χ0v) is 7.51. The zero-order valence-electron chi connectivity index (χ0n) is 7.51. The van der Waals surface area contributed by atoms with Gasteiger partial charge >= 0.3 is 12.1 Å². The summed E-state index contributed by atoms with van der Waals surface area (Å²) in [5.74, 6) is -2.54. The molecular formula is C9H11F3O2. The van der Waals surface area contributed by atoms with Gasteiger partial charge < -0.3 is 4.74 Å². The first-order valence-electron chi connectivity index (χ1n) is 4.31. The van der Waals surface area contributed by atoms with E-state index in [-0.39, 0.29) is 13.0 Å². The zero-order chi connectivity index (χ0) is 10.8. The van der Waals surface area contributed by atoms with Crippen LogP contribution in [0.15, 0.2) is 12.7 Å². The van der Waals surface area contributed by atoms with Crippen molar-refractivity contribution in [2.75, 3.05) is 6.61 Å². The van der Waals surface area contributed by atoms with Gasteiger partial charge in [0.1, 0.15) is 0 Å². The van der Waals surface area contributed by atoms with Crippen LogP contribution in [0.2, 0.25) is 0 Å². The standard InChI is InChI=1S/C9H11F3O2/c1-2-8(13)14-5-6-3-4-7(6)9(10,11)12/h2,6-7H,1,3-5H2. The van der Waals surface area contributed by atoms with Gasteiger partial charge in [0.15, 0.2) is 0 Å². The molecule has 0 saturated heterocycles. The number of rotatable bonds is 3. The van der Waals surface area contributed by atoms with E-state index in [1.807, 2.05) is 0 Å². The fourth-order valence-corrected chi connectivity index (χ4v) is 1.45. The molecule has 0 heterocycles. The minimum Gasteiger partial charge on any atom is -0.462 e. The predicted molar refractivity (Wildman–Crippen MR) is 43.4 cm³/mol. The maximum absolute atomic E-state index is 12.2. The Morgan fingerprint density at radius 3 is 2.50 bits per heavy atom. The smallest absolute Gasteiger partial charge is 0.392 e. The van der Waals surface area contributed by atoms with E-state index in [1.165, 1.54) is 0 Å². The number of alkyl halides is 3. The number of hydrogen-bond acceptors (Lipinski definition) is 2. The molecule has 0 aliphatic heterocycles. The molecule has 2 atom stereocenters. The van der Waals surface area contributed by atoms with Gasteiger partial charge in [0, 0.05) is 12.0 Å². The molecule has 0 bridgehead atoms. The summed E-state index contributed by atoms with van der Waals surface area (Å²) in [5, 5.41) is 0. The lowest BCUT2D eigenvalue weighted by Gasteiger charge is -2.37. The summed E-state index contributed by atoms with van der Waals surface area (Å²) in [4.78, 5) is 10.6. The molecular weight excluding hydrogens is 197 g/mol. The van der Waals surface area contributed by atoms with Crippen LogP contribution in [0.3, 0.4) is 0 Å². The van der Waals surface area contributed by atoms with Crippen molar-refractivity contribution in [3.05, 3.63) is 12.7 Å². The number of carbonyl (C=O) groups is 1. The second-order valence-corrected chi connectivity index (χ2v) is 3.32. The molecule has 1 aliphatic rings. The van der Waals surface area contributed by atoms with E-state index in [4.69, 9.17) is 0 Å². The SMILES string of the molecule is C=CC(=O)OCC1CCC1C(F)(F)F. The van der Waals surface area contributed by atoms with Gasteiger partial charge in [-0.3, -0.25) is 0 Å². The summed E-state index contributed by atoms with van der Waals surface area (Å²) < 4.78 is 41.2. The van der Waals surface area contributed by atoms with E-state index in [2.05, 4.69) is 11.3 Å². The molecule has 0 N–H and O–H groups in total. The predicted octanol–water partition coefficient (Wildman–Crippen LogP) is 2.30. The van der Waals surface area contributed by atoms with Crippen LogP contribution in [0.1, 0.15) is 12.8 Å². The minimum atomic E-state index is -4.16. The highest BCUT2D eigenvalue weighted by Crippen LogP contribution is 2.45. The molecule has 0 radical (unpaired) electrons. The summed E-state index contributed by atoms with van der Waals surface area (Å²) >= 11 is 0. The minimum absolute atomic E-state index is 0.139. The Morgan fingerprint density at radius 2 is 2.14 bits per heavy atom. The monoisotopic (exact) mass is 208 g/mol. The van der Waals surface area contributed by atoms with E-state index in [0.29, 0.717) is 6.42 Å². The van der Waals surface area contributed by atoms with Crippen molar-refractivity contribution >= 4 is 5.97 Å². The Morgan fingerprint density at radius 1 is 1.50 bits per heavy atom. The highest BCUT2D eigenvalue weighted by atomic mass is 19.4.